The van der Waals surface area contributed by atoms with Gasteiger partial charge in [-0.25, -0.2) is 18.7 Å². The van der Waals surface area contributed by atoms with Crippen molar-refractivity contribution in [3.05, 3.63) is 51.9 Å². The van der Waals surface area contributed by atoms with Gasteiger partial charge in [-0.1, -0.05) is 26.8 Å². The number of hydrogen-bond donors (Lipinski definition) is 1. The zero-order chi connectivity index (χ0) is 15.6. The van der Waals surface area contributed by atoms with E-state index in [1.165, 1.54) is 12.1 Å². The highest BCUT2D eigenvalue weighted by Crippen LogP contribution is 2.22. The van der Waals surface area contributed by atoms with Crippen molar-refractivity contribution in [3.63, 3.8) is 0 Å². The van der Waals surface area contributed by atoms with Gasteiger partial charge in [-0.2, -0.15) is 0 Å². The Balaban J connectivity index is 2.16. The quantitative estimate of drug-likeness (QED) is 0.827. The summed E-state index contributed by atoms with van der Waals surface area (Å²) in [5.41, 5.74) is 0.461. The first-order chi connectivity index (χ1) is 9.75. The van der Waals surface area contributed by atoms with Gasteiger partial charge in [-0.3, -0.25) is 0 Å². The van der Waals surface area contributed by atoms with Gasteiger partial charge in [-0.15, -0.1) is 0 Å². The van der Waals surface area contributed by atoms with Crippen LogP contribution in [0.4, 0.5) is 14.6 Å². The predicted octanol–water partition coefficient (Wildman–Crippen LogP) is 4.43. The maximum Gasteiger partial charge on any atom is 0.159 e. The highest BCUT2D eigenvalue weighted by Gasteiger charge is 2.18. The molecule has 0 spiro atoms. The molecule has 21 heavy (non-hydrogen) atoms. The molecule has 0 aliphatic heterocycles. The maximum atomic E-state index is 13.2. The smallest absolute Gasteiger partial charge is 0.159 e. The second-order valence-electron chi connectivity index (χ2n) is 5.75. The fourth-order valence-electron chi connectivity index (χ4n) is 1.69. The molecule has 0 unspecified atom stereocenters. The van der Waals surface area contributed by atoms with Gasteiger partial charge in [-0.05, 0) is 33.6 Å². The molecule has 2 aromatic rings. The van der Waals surface area contributed by atoms with Crippen LogP contribution in [-0.2, 0) is 12.0 Å². The van der Waals surface area contributed by atoms with E-state index < -0.39 is 11.6 Å². The van der Waals surface area contributed by atoms with Crippen molar-refractivity contribution in [3.8, 4) is 0 Å². The fraction of sp³-hybridized carbons (Fsp3) is 0.333. The molecule has 112 valence electrons. The molecule has 0 amide bonds. The van der Waals surface area contributed by atoms with Crippen LogP contribution in [0.5, 0.6) is 0 Å². The molecule has 0 radical (unpaired) electrons. The van der Waals surface area contributed by atoms with E-state index in [0.717, 1.165) is 6.07 Å². The van der Waals surface area contributed by atoms with Crippen molar-refractivity contribution in [2.75, 3.05) is 5.32 Å². The van der Waals surface area contributed by atoms with Crippen LogP contribution >= 0.6 is 15.9 Å². The number of rotatable bonds is 3. The molecule has 0 aliphatic rings. The highest BCUT2D eigenvalue weighted by molar-refractivity contribution is 9.10. The second kappa shape index (κ2) is 6.05. The van der Waals surface area contributed by atoms with E-state index >= 15 is 0 Å². The van der Waals surface area contributed by atoms with Crippen molar-refractivity contribution >= 4 is 21.7 Å². The van der Waals surface area contributed by atoms with Gasteiger partial charge in [0.1, 0.15) is 16.2 Å². The monoisotopic (exact) mass is 355 g/mol. The first kappa shape index (κ1) is 15.8. The molecule has 0 atom stereocenters. The van der Waals surface area contributed by atoms with Crippen molar-refractivity contribution in [1.82, 2.24) is 9.97 Å². The second-order valence-corrected chi connectivity index (χ2v) is 6.56. The Morgan fingerprint density at radius 2 is 1.81 bits per heavy atom. The third-order valence-corrected chi connectivity index (χ3v) is 3.23. The van der Waals surface area contributed by atoms with Gasteiger partial charge in [0.2, 0.25) is 0 Å². The van der Waals surface area contributed by atoms with E-state index in [1.807, 2.05) is 20.8 Å². The summed E-state index contributed by atoms with van der Waals surface area (Å²) in [6.07, 6.45) is 0. The van der Waals surface area contributed by atoms with Gasteiger partial charge in [0, 0.05) is 18.0 Å². The van der Waals surface area contributed by atoms with Crippen molar-refractivity contribution < 1.29 is 8.78 Å². The van der Waals surface area contributed by atoms with Gasteiger partial charge in [0.15, 0.2) is 11.6 Å². The third kappa shape index (κ3) is 4.20. The zero-order valence-corrected chi connectivity index (χ0v) is 13.6. The molecule has 0 bridgehead atoms. The van der Waals surface area contributed by atoms with E-state index in [9.17, 15) is 8.78 Å². The van der Waals surface area contributed by atoms with Crippen LogP contribution in [0.15, 0.2) is 28.9 Å². The SMILES string of the molecule is CC(C)(C)c1nc(Br)cc(NCc2ccc(F)c(F)c2)n1. The van der Waals surface area contributed by atoms with Crippen LogP contribution in [0, 0.1) is 11.6 Å². The van der Waals surface area contributed by atoms with Gasteiger partial charge < -0.3 is 5.32 Å². The van der Waals surface area contributed by atoms with Crippen LogP contribution in [0.25, 0.3) is 0 Å². The fourth-order valence-corrected chi connectivity index (χ4v) is 2.07. The summed E-state index contributed by atoms with van der Waals surface area (Å²) in [6.45, 7) is 6.42. The lowest BCUT2D eigenvalue weighted by atomic mass is 9.96. The Morgan fingerprint density at radius 3 is 2.43 bits per heavy atom. The molecular weight excluding hydrogens is 340 g/mol. The Morgan fingerprint density at radius 1 is 1.10 bits per heavy atom. The normalized spacial score (nSPS) is 11.5. The summed E-state index contributed by atoms with van der Waals surface area (Å²) in [5.74, 6) is -0.372. The topological polar surface area (TPSA) is 37.8 Å². The van der Waals surface area contributed by atoms with Crippen LogP contribution in [0.1, 0.15) is 32.2 Å². The van der Waals surface area contributed by atoms with E-state index in [1.54, 1.807) is 6.07 Å². The lowest BCUT2D eigenvalue weighted by molar-refractivity contribution is 0.507. The Hall–Kier alpha value is -1.56. The summed E-state index contributed by atoms with van der Waals surface area (Å²) in [7, 11) is 0. The van der Waals surface area contributed by atoms with Crippen molar-refractivity contribution in [2.24, 2.45) is 0 Å². The molecule has 1 heterocycles. The number of nitrogens with zero attached hydrogens (tertiary/aromatic N) is 2. The largest absolute Gasteiger partial charge is 0.366 e. The lowest BCUT2D eigenvalue weighted by Crippen LogP contribution is -2.17. The predicted molar refractivity (Wildman–Crippen MR) is 82.1 cm³/mol. The maximum absolute atomic E-state index is 13.2. The van der Waals surface area contributed by atoms with Gasteiger partial charge in [0.05, 0.1) is 0 Å². The first-order valence-corrected chi connectivity index (χ1v) is 7.28. The molecule has 0 fully saturated rings. The average molecular weight is 356 g/mol. The first-order valence-electron chi connectivity index (χ1n) is 6.48. The molecule has 3 nitrogen and oxygen atoms in total. The van der Waals surface area contributed by atoms with Crippen LogP contribution in [0.2, 0.25) is 0 Å². The Kier molecular flexibility index (Phi) is 4.56. The van der Waals surface area contributed by atoms with Crippen molar-refractivity contribution in [2.45, 2.75) is 32.7 Å². The number of nitrogens with one attached hydrogen (secondary N) is 1. The number of anilines is 1. The summed E-state index contributed by atoms with van der Waals surface area (Å²) in [6, 6.07) is 5.56. The number of benzene rings is 1. The van der Waals surface area contributed by atoms with Gasteiger partial charge >= 0.3 is 0 Å². The van der Waals surface area contributed by atoms with Crippen LogP contribution in [-0.4, -0.2) is 9.97 Å². The molecule has 1 N–H and O–H groups in total. The molecule has 2 rings (SSSR count). The van der Waals surface area contributed by atoms with E-state index in [4.69, 9.17) is 0 Å². The number of hydrogen-bond acceptors (Lipinski definition) is 3. The molecule has 0 saturated carbocycles. The third-order valence-electron chi connectivity index (χ3n) is 2.82. The van der Waals surface area contributed by atoms with E-state index in [2.05, 4.69) is 31.2 Å². The summed E-state index contributed by atoms with van der Waals surface area (Å²) in [5, 5.41) is 3.09. The highest BCUT2D eigenvalue weighted by atomic mass is 79.9. The Labute approximate surface area is 131 Å². The molecule has 6 heteroatoms. The average Bonchev–Trinajstić information content (AvgIpc) is 2.38. The van der Waals surface area contributed by atoms with E-state index in [-0.39, 0.29) is 5.41 Å². The summed E-state index contributed by atoms with van der Waals surface area (Å²) >= 11 is 3.35. The summed E-state index contributed by atoms with van der Waals surface area (Å²) < 4.78 is 26.7. The molecular formula is C15H16BrF2N3. The zero-order valence-electron chi connectivity index (χ0n) is 12.0. The minimum Gasteiger partial charge on any atom is -0.366 e. The van der Waals surface area contributed by atoms with Gasteiger partial charge in [0.25, 0.3) is 0 Å². The molecule has 1 aromatic heterocycles. The minimum atomic E-state index is -0.853. The standard InChI is InChI=1S/C15H16BrF2N3/c1-15(2,3)14-20-12(16)7-13(21-14)19-8-9-4-5-10(17)11(18)6-9/h4-7H,8H2,1-3H3,(H,19,20,21). The van der Waals surface area contributed by atoms with Crippen molar-refractivity contribution in [1.29, 1.82) is 0 Å². The lowest BCUT2D eigenvalue weighted by Gasteiger charge is -2.18. The summed E-state index contributed by atoms with van der Waals surface area (Å²) in [4.78, 5) is 8.78. The molecule has 1 aromatic carbocycles. The number of aromatic nitrogens is 2. The number of halogens is 3. The van der Waals surface area contributed by atoms with Crippen LogP contribution < -0.4 is 5.32 Å². The Bertz CT molecular complexity index is 654. The molecule has 0 saturated heterocycles. The minimum absolute atomic E-state index is 0.178. The van der Waals surface area contributed by atoms with E-state index in [0.29, 0.717) is 28.4 Å². The molecule has 0 aliphatic carbocycles. The van der Waals surface area contributed by atoms with Crippen LogP contribution in [0.3, 0.4) is 0 Å².